The van der Waals surface area contributed by atoms with Crippen molar-refractivity contribution in [3.63, 3.8) is 0 Å². The maximum absolute atomic E-state index is 12.6. The summed E-state index contributed by atoms with van der Waals surface area (Å²) >= 11 is 1.72. The van der Waals surface area contributed by atoms with Crippen LogP contribution in [-0.2, 0) is 16.1 Å². The lowest BCUT2D eigenvalue weighted by Gasteiger charge is -2.26. The van der Waals surface area contributed by atoms with Gasteiger partial charge in [-0.05, 0) is 47.9 Å². The van der Waals surface area contributed by atoms with Gasteiger partial charge in [0.15, 0.2) is 5.78 Å². The van der Waals surface area contributed by atoms with Crippen molar-refractivity contribution in [2.24, 2.45) is 0 Å². The number of ether oxygens (including phenoxy) is 2. The number of aromatic nitrogens is 1. The van der Waals surface area contributed by atoms with Crippen LogP contribution in [0.1, 0.15) is 53.9 Å². The molecule has 2 aliphatic rings. The fraction of sp³-hybridized carbons (Fsp3) is 0.391. The molecule has 0 bridgehead atoms. The number of carbonyl (C=O) groups is 2. The van der Waals surface area contributed by atoms with Crippen LogP contribution in [0.5, 0.6) is 5.75 Å². The van der Waals surface area contributed by atoms with Crippen LogP contribution in [0.2, 0.25) is 0 Å². The summed E-state index contributed by atoms with van der Waals surface area (Å²) in [6, 6.07) is 7.50. The normalized spacial score (nSPS) is 17.2. The van der Waals surface area contributed by atoms with Gasteiger partial charge in [0.1, 0.15) is 12.4 Å². The van der Waals surface area contributed by atoms with Crippen molar-refractivity contribution in [2.45, 2.75) is 44.6 Å². The van der Waals surface area contributed by atoms with E-state index in [2.05, 4.69) is 16.0 Å². The van der Waals surface area contributed by atoms with E-state index < -0.39 is 0 Å². The SMILES string of the molecule is COC(=O)c1cccc2c1-c1c(C3CCCCC3)c3sccc3n1CC(=O)CO2. The molecule has 0 unspecified atom stereocenters. The number of hydrogen-bond donors (Lipinski definition) is 0. The summed E-state index contributed by atoms with van der Waals surface area (Å²) in [6.45, 7) is 0.254. The van der Waals surface area contributed by atoms with Crippen LogP contribution >= 0.6 is 11.3 Å². The lowest BCUT2D eigenvalue weighted by Crippen LogP contribution is -2.22. The Kier molecular flexibility index (Phi) is 4.66. The topological polar surface area (TPSA) is 57.5 Å². The number of methoxy groups -OCH3 is 1. The summed E-state index contributed by atoms with van der Waals surface area (Å²) in [5.41, 5.74) is 4.55. The van der Waals surface area contributed by atoms with E-state index in [1.54, 1.807) is 23.5 Å². The molecule has 3 aromatic rings. The Labute approximate surface area is 173 Å². The second-order valence-corrected chi connectivity index (χ2v) is 8.73. The second-order valence-electron chi connectivity index (χ2n) is 7.82. The van der Waals surface area contributed by atoms with Crippen LogP contribution in [0.4, 0.5) is 0 Å². The number of thiophene rings is 1. The average Bonchev–Trinajstić information content (AvgIpc) is 3.32. The third kappa shape index (κ3) is 2.97. The van der Waals surface area contributed by atoms with Gasteiger partial charge in [0.2, 0.25) is 0 Å². The van der Waals surface area contributed by atoms with E-state index in [1.165, 1.54) is 36.6 Å². The predicted octanol–water partition coefficient (Wildman–Crippen LogP) is 5.17. The quantitative estimate of drug-likeness (QED) is 0.548. The Morgan fingerprint density at radius 3 is 2.83 bits per heavy atom. The fourth-order valence-electron chi connectivity index (χ4n) is 4.85. The first-order valence-corrected chi connectivity index (χ1v) is 11.0. The van der Waals surface area contributed by atoms with Gasteiger partial charge in [-0.15, -0.1) is 11.3 Å². The van der Waals surface area contributed by atoms with E-state index in [0.29, 0.717) is 17.2 Å². The molecular formula is C23H23NO4S. The minimum Gasteiger partial charge on any atom is -0.485 e. The first-order valence-electron chi connectivity index (χ1n) is 10.1. The average molecular weight is 410 g/mol. The van der Waals surface area contributed by atoms with Crippen LogP contribution in [0, 0.1) is 0 Å². The molecule has 3 heterocycles. The first-order chi connectivity index (χ1) is 14.2. The zero-order valence-electron chi connectivity index (χ0n) is 16.4. The Morgan fingerprint density at radius 1 is 1.21 bits per heavy atom. The van der Waals surface area contributed by atoms with Gasteiger partial charge in [-0.2, -0.15) is 0 Å². The fourth-order valence-corrected chi connectivity index (χ4v) is 5.87. The number of ketones is 1. The van der Waals surface area contributed by atoms with Crippen molar-refractivity contribution in [2.75, 3.05) is 13.7 Å². The Morgan fingerprint density at radius 2 is 2.03 bits per heavy atom. The molecule has 0 spiro atoms. The minimum absolute atomic E-state index is 0.000359. The first kappa shape index (κ1) is 18.4. The maximum Gasteiger partial charge on any atom is 0.338 e. The van der Waals surface area contributed by atoms with Gasteiger partial charge in [-0.25, -0.2) is 4.79 Å². The van der Waals surface area contributed by atoms with Gasteiger partial charge < -0.3 is 14.0 Å². The van der Waals surface area contributed by atoms with Crippen molar-refractivity contribution in [3.8, 4) is 17.0 Å². The Bertz CT molecular complexity index is 1100. The highest BCUT2D eigenvalue weighted by atomic mass is 32.1. The molecule has 0 N–H and O–H groups in total. The van der Waals surface area contributed by atoms with Crippen molar-refractivity contribution in [1.82, 2.24) is 4.57 Å². The molecule has 1 aromatic carbocycles. The zero-order valence-corrected chi connectivity index (χ0v) is 17.2. The van der Waals surface area contributed by atoms with E-state index in [9.17, 15) is 9.59 Å². The summed E-state index contributed by atoms with van der Waals surface area (Å²) in [7, 11) is 1.40. The number of benzene rings is 1. The molecule has 0 radical (unpaired) electrons. The molecule has 1 saturated carbocycles. The number of carbonyl (C=O) groups excluding carboxylic acids is 2. The van der Waals surface area contributed by atoms with Crippen LogP contribution in [-0.4, -0.2) is 30.0 Å². The molecule has 0 saturated heterocycles. The van der Waals surface area contributed by atoms with Gasteiger partial charge in [-0.1, -0.05) is 25.3 Å². The van der Waals surface area contributed by atoms with Gasteiger partial charge in [0, 0.05) is 0 Å². The Hall–Kier alpha value is -2.60. The molecule has 1 aliphatic carbocycles. The molecule has 1 fully saturated rings. The molecule has 29 heavy (non-hydrogen) atoms. The maximum atomic E-state index is 12.6. The molecule has 2 aromatic heterocycles. The molecule has 0 amide bonds. The highest BCUT2D eigenvalue weighted by Gasteiger charge is 2.33. The van der Waals surface area contributed by atoms with E-state index >= 15 is 0 Å². The smallest absolute Gasteiger partial charge is 0.338 e. The third-order valence-corrected chi connectivity index (χ3v) is 7.05. The lowest BCUT2D eigenvalue weighted by atomic mass is 9.82. The number of nitrogens with zero attached hydrogens (tertiary/aromatic N) is 1. The van der Waals surface area contributed by atoms with E-state index in [4.69, 9.17) is 9.47 Å². The summed E-state index contributed by atoms with van der Waals surface area (Å²) in [5, 5.41) is 2.09. The molecular weight excluding hydrogens is 386 g/mol. The number of Topliss-reactive ketones (excluding diaryl/α,β-unsaturated/α-hetero) is 1. The standard InChI is InChI=1S/C23H23NO4S/c1-27-23(26)16-8-5-9-18-20(16)21-19(14-6-3-2-4-7-14)22-17(10-11-29-22)24(21)12-15(25)13-28-18/h5,8-11,14H,2-4,6-7,12-13H2,1H3. The summed E-state index contributed by atoms with van der Waals surface area (Å²) in [6.07, 6.45) is 5.96. The zero-order chi connectivity index (χ0) is 20.0. The van der Waals surface area contributed by atoms with Crippen LogP contribution in [0.25, 0.3) is 21.5 Å². The van der Waals surface area contributed by atoms with Gasteiger partial charge in [0.05, 0.1) is 40.7 Å². The molecule has 5 nitrogen and oxygen atoms in total. The molecule has 1 aliphatic heterocycles. The molecule has 6 heteroatoms. The van der Waals surface area contributed by atoms with E-state index in [0.717, 1.165) is 29.6 Å². The van der Waals surface area contributed by atoms with Gasteiger partial charge >= 0.3 is 5.97 Å². The van der Waals surface area contributed by atoms with Gasteiger partial charge in [0.25, 0.3) is 0 Å². The molecule has 0 atom stereocenters. The molecule has 5 rings (SSSR count). The van der Waals surface area contributed by atoms with Crippen molar-refractivity contribution < 1.29 is 19.1 Å². The Balaban J connectivity index is 1.86. The summed E-state index contributed by atoms with van der Waals surface area (Å²) < 4.78 is 14.3. The summed E-state index contributed by atoms with van der Waals surface area (Å²) in [5.74, 6) is 0.639. The predicted molar refractivity (Wildman–Crippen MR) is 113 cm³/mol. The van der Waals surface area contributed by atoms with Gasteiger partial charge in [-0.3, -0.25) is 4.79 Å². The lowest BCUT2D eigenvalue weighted by molar-refractivity contribution is -0.121. The highest BCUT2D eigenvalue weighted by molar-refractivity contribution is 7.17. The second kappa shape index (κ2) is 7.34. The molecule has 150 valence electrons. The number of hydrogen-bond acceptors (Lipinski definition) is 5. The van der Waals surface area contributed by atoms with Crippen molar-refractivity contribution >= 4 is 33.3 Å². The highest BCUT2D eigenvalue weighted by Crippen LogP contribution is 2.49. The summed E-state index contributed by atoms with van der Waals surface area (Å²) in [4.78, 5) is 25.2. The van der Waals surface area contributed by atoms with Crippen molar-refractivity contribution in [1.29, 1.82) is 0 Å². The van der Waals surface area contributed by atoms with E-state index in [1.807, 2.05) is 6.07 Å². The van der Waals surface area contributed by atoms with E-state index in [-0.39, 0.29) is 24.9 Å². The van der Waals surface area contributed by atoms with Crippen LogP contribution in [0.3, 0.4) is 0 Å². The number of rotatable bonds is 2. The number of esters is 1. The minimum atomic E-state index is -0.386. The van der Waals surface area contributed by atoms with Crippen LogP contribution < -0.4 is 4.74 Å². The third-order valence-electron chi connectivity index (χ3n) is 6.11. The van der Waals surface area contributed by atoms with Crippen LogP contribution in [0.15, 0.2) is 29.6 Å². The number of fused-ring (bicyclic) bond motifs is 5. The monoisotopic (exact) mass is 409 g/mol. The largest absolute Gasteiger partial charge is 0.485 e. The van der Waals surface area contributed by atoms with Crippen molar-refractivity contribution in [3.05, 3.63) is 40.8 Å².